The van der Waals surface area contributed by atoms with Crippen molar-refractivity contribution in [3.63, 3.8) is 0 Å². The lowest BCUT2D eigenvalue weighted by atomic mass is 9.95. The van der Waals surface area contributed by atoms with Crippen LogP contribution in [0, 0.1) is 12.8 Å². The molecule has 1 saturated heterocycles. The van der Waals surface area contributed by atoms with Crippen molar-refractivity contribution in [2.24, 2.45) is 11.7 Å². The van der Waals surface area contributed by atoms with Crippen LogP contribution in [0.3, 0.4) is 0 Å². The number of halogens is 1. The highest BCUT2D eigenvalue weighted by atomic mass is 79.9. The van der Waals surface area contributed by atoms with Crippen LogP contribution in [0.25, 0.3) is 0 Å². The fourth-order valence-corrected chi connectivity index (χ4v) is 4.40. The molecule has 0 saturated carbocycles. The van der Waals surface area contributed by atoms with Crippen LogP contribution in [0.2, 0.25) is 0 Å². The number of aryl methyl sites for hydroxylation is 1. The lowest BCUT2D eigenvalue weighted by Crippen LogP contribution is -2.38. The van der Waals surface area contributed by atoms with E-state index in [0.717, 1.165) is 29.3 Å². The van der Waals surface area contributed by atoms with Gasteiger partial charge in [0, 0.05) is 17.6 Å². The standard InChI is InChI=1S/C14H21BrN2O2S/c1-11-10-13(2-3-14(11)15)20(18,19)17-8-5-12(4-7-16)6-9-17/h2-3,10,12H,4-9,16H2,1H3. The zero-order valence-corrected chi connectivity index (χ0v) is 14.1. The summed E-state index contributed by atoms with van der Waals surface area (Å²) >= 11 is 3.40. The number of benzene rings is 1. The summed E-state index contributed by atoms with van der Waals surface area (Å²) in [5.74, 6) is 0.568. The molecule has 1 aromatic rings. The van der Waals surface area contributed by atoms with Crippen LogP contribution < -0.4 is 5.73 Å². The van der Waals surface area contributed by atoms with E-state index in [1.807, 2.05) is 6.92 Å². The van der Waals surface area contributed by atoms with Gasteiger partial charge < -0.3 is 5.73 Å². The van der Waals surface area contributed by atoms with E-state index < -0.39 is 10.0 Å². The van der Waals surface area contributed by atoms with Gasteiger partial charge in [0.25, 0.3) is 0 Å². The van der Waals surface area contributed by atoms with Crippen LogP contribution in [0.1, 0.15) is 24.8 Å². The highest BCUT2D eigenvalue weighted by molar-refractivity contribution is 9.10. The molecule has 20 heavy (non-hydrogen) atoms. The summed E-state index contributed by atoms with van der Waals surface area (Å²) in [4.78, 5) is 0.385. The number of sulfonamides is 1. The van der Waals surface area contributed by atoms with Gasteiger partial charge in [-0.2, -0.15) is 4.31 Å². The lowest BCUT2D eigenvalue weighted by molar-refractivity contribution is 0.266. The highest BCUT2D eigenvalue weighted by Crippen LogP contribution is 2.27. The molecule has 2 N–H and O–H groups in total. The van der Waals surface area contributed by atoms with Crippen LogP contribution in [-0.4, -0.2) is 32.4 Å². The summed E-state index contributed by atoms with van der Waals surface area (Å²) in [6.45, 7) is 3.78. The first-order valence-corrected chi connectivity index (χ1v) is 9.15. The molecule has 0 radical (unpaired) electrons. The Labute approximate surface area is 129 Å². The SMILES string of the molecule is Cc1cc(S(=O)(=O)N2CCC(CCN)CC2)ccc1Br. The molecule has 1 aliphatic rings. The predicted molar refractivity (Wildman–Crippen MR) is 84.0 cm³/mol. The third kappa shape index (κ3) is 3.42. The van der Waals surface area contributed by atoms with Gasteiger partial charge in [-0.15, -0.1) is 0 Å². The molecule has 0 spiro atoms. The van der Waals surface area contributed by atoms with Gasteiger partial charge >= 0.3 is 0 Å². The van der Waals surface area contributed by atoms with Gasteiger partial charge in [-0.25, -0.2) is 8.42 Å². The molecular weight excluding hydrogens is 340 g/mol. The van der Waals surface area contributed by atoms with E-state index in [-0.39, 0.29) is 0 Å². The molecule has 6 heteroatoms. The summed E-state index contributed by atoms with van der Waals surface area (Å²) in [6, 6.07) is 5.19. The van der Waals surface area contributed by atoms with Crippen molar-refractivity contribution in [1.82, 2.24) is 4.31 Å². The van der Waals surface area contributed by atoms with Crippen LogP contribution in [0.15, 0.2) is 27.6 Å². The first-order chi connectivity index (χ1) is 9.45. The summed E-state index contributed by atoms with van der Waals surface area (Å²) in [5.41, 5.74) is 6.50. The second-order valence-electron chi connectivity index (χ2n) is 5.34. The van der Waals surface area contributed by atoms with Crippen molar-refractivity contribution in [1.29, 1.82) is 0 Å². The average molecular weight is 361 g/mol. The third-order valence-corrected chi connectivity index (χ3v) is 6.70. The van der Waals surface area contributed by atoms with Crippen molar-refractivity contribution in [3.05, 3.63) is 28.2 Å². The molecule has 0 amide bonds. The van der Waals surface area contributed by atoms with Crippen LogP contribution >= 0.6 is 15.9 Å². The van der Waals surface area contributed by atoms with Crippen LogP contribution in [0.5, 0.6) is 0 Å². The maximum absolute atomic E-state index is 12.6. The smallest absolute Gasteiger partial charge is 0.243 e. The summed E-state index contributed by atoms with van der Waals surface area (Å²) in [6.07, 6.45) is 2.81. The molecule has 2 rings (SSSR count). The number of piperidine rings is 1. The minimum Gasteiger partial charge on any atom is -0.330 e. The molecule has 0 unspecified atom stereocenters. The Balaban J connectivity index is 2.13. The predicted octanol–water partition coefficient (Wildman–Crippen LogP) is 2.51. The van der Waals surface area contributed by atoms with Crippen molar-refractivity contribution < 1.29 is 8.42 Å². The lowest BCUT2D eigenvalue weighted by Gasteiger charge is -2.31. The Morgan fingerprint density at radius 2 is 2.00 bits per heavy atom. The Hall–Kier alpha value is -0.430. The van der Waals surface area contributed by atoms with Gasteiger partial charge in [0.1, 0.15) is 0 Å². The minimum atomic E-state index is -3.36. The third-order valence-electron chi connectivity index (χ3n) is 3.92. The fourth-order valence-electron chi connectivity index (χ4n) is 2.60. The molecule has 112 valence electrons. The highest BCUT2D eigenvalue weighted by Gasteiger charge is 2.29. The van der Waals surface area contributed by atoms with Crippen molar-refractivity contribution in [2.75, 3.05) is 19.6 Å². The van der Waals surface area contributed by atoms with Gasteiger partial charge in [0.2, 0.25) is 10.0 Å². The van der Waals surface area contributed by atoms with Crippen molar-refractivity contribution >= 4 is 26.0 Å². The molecule has 4 nitrogen and oxygen atoms in total. The number of nitrogens with zero attached hydrogens (tertiary/aromatic N) is 1. The zero-order chi connectivity index (χ0) is 14.8. The topological polar surface area (TPSA) is 63.4 Å². The molecule has 1 heterocycles. The van der Waals surface area contributed by atoms with Gasteiger partial charge in [0.05, 0.1) is 4.90 Å². The maximum atomic E-state index is 12.6. The zero-order valence-electron chi connectivity index (χ0n) is 11.7. The van der Waals surface area contributed by atoms with Gasteiger partial charge in [0.15, 0.2) is 0 Å². The number of hydrogen-bond acceptors (Lipinski definition) is 3. The molecule has 0 aromatic heterocycles. The second-order valence-corrected chi connectivity index (χ2v) is 8.13. The second kappa shape index (κ2) is 6.56. The van der Waals surface area contributed by atoms with E-state index in [0.29, 0.717) is 30.4 Å². The van der Waals surface area contributed by atoms with Crippen molar-refractivity contribution in [3.8, 4) is 0 Å². The van der Waals surface area contributed by atoms with Crippen LogP contribution in [-0.2, 0) is 10.0 Å². The molecule has 0 aliphatic carbocycles. The molecule has 0 atom stereocenters. The average Bonchev–Trinajstić information content (AvgIpc) is 2.43. The number of nitrogens with two attached hydrogens (primary N) is 1. The normalized spacial score (nSPS) is 18.4. The van der Waals surface area contributed by atoms with Crippen LogP contribution in [0.4, 0.5) is 0 Å². The Morgan fingerprint density at radius 1 is 1.35 bits per heavy atom. The van der Waals surface area contributed by atoms with E-state index in [4.69, 9.17) is 5.73 Å². The first-order valence-electron chi connectivity index (χ1n) is 6.91. The molecule has 1 aromatic carbocycles. The van der Waals surface area contributed by atoms with Gasteiger partial charge in [-0.05, 0) is 62.4 Å². The summed E-state index contributed by atoms with van der Waals surface area (Å²) in [7, 11) is -3.36. The van der Waals surface area contributed by atoms with Crippen molar-refractivity contribution in [2.45, 2.75) is 31.1 Å². The molecular formula is C14H21BrN2O2S. The van der Waals surface area contributed by atoms with E-state index >= 15 is 0 Å². The fraction of sp³-hybridized carbons (Fsp3) is 0.571. The molecule has 0 bridgehead atoms. The van der Waals surface area contributed by atoms with E-state index in [1.54, 1.807) is 22.5 Å². The number of rotatable bonds is 4. The largest absolute Gasteiger partial charge is 0.330 e. The van der Waals surface area contributed by atoms with E-state index in [2.05, 4.69) is 15.9 Å². The Bertz CT molecular complexity index is 567. The molecule has 1 fully saturated rings. The van der Waals surface area contributed by atoms with E-state index in [1.165, 1.54) is 0 Å². The monoisotopic (exact) mass is 360 g/mol. The summed E-state index contributed by atoms with van der Waals surface area (Å²) in [5, 5.41) is 0. The molecule has 1 aliphatic heterocycles. The Morgan fingerprint density at radius 3 is 2.55 bits per heavy atom. The maximum Gasteiger partial charge on any atom is 0.243 e. The van der Waals surface area contributed by atoms with Gasteiger partial charge in [-0.1, -0.05) is 15.9 Å². The minimum absolute atomic E-state index is 0.385. The quantitative estimate of drug-likeness (QED) is 0.896. The summed E-state index contributed by atoms with van der Waals surface area (Å²) < 4.78 is 27.7. The van der Waals surface area contributed by atoms with Gasteiger partial charge in [-0.3, -0.25) is 0 Å². The Kier molecular flexibility index (Phi) is 5.23. The number of hydrogen-bond donors (Lipinski definition) is 1. The first kappa shape index (κ1) is 15.9. The van der Waals surface area contributed by atoms with E-state index in [9.17, 15) is 8.42 Å².